The van der Waals surface area contributed by atoms with Gasteiger partial charge >= 0.3 is 17.1 Å². The lowest BCUT2D eigenvalue weighted by Crippen LogP contribution is -2.33. The molecule has 0 bridgehead atoms. The second kappa shape index (κ2) is 4.94. The van der Waals surface area contributed by atoms with E-state index in [1.165, 1.54) is 0 Å². The molecule has 0 amide bonds. The van der Waals surface area contributed by atoms with E-state index in [1.807, 2.05) is 0 Å². The van der Waals surface area contributed by atoms with Gasteiger partial charge in [-0.1, -0.05) is 0 Å². The summed E-state index contributed by atoms with van der Waals surface area (Å²) in [7, 11) is 0. The molecular weight excluding hydrogens is 277 g/mol. The summed E-state index contributed by atoms with van der Waals surface area (Å²) in [4.78, 5) is 0. The summed E-state index contributed by atoms with van der Waals surface area (Å²) in [5.41, 5.74) is 0. The summed E-state index contributed by atoms with van der Waals surface area (Å²) in [6.45, 7) is -3.79. The first-order valence-corrected chi connectivity index (χ1v) is 3.96. The molecule has 0 N–H and O–H groups in total. The summed E-state index contributed by atoms with van der Waals surface area (Å²) >= 11 is 8.42. The topological polar surface area (TPSA) is 18.5 Å². The Bertz CT molecular complexity index is 181. The summed E-state index contributed by atoms with van der Waals surface area (Å²) in [5.74, 6) is 0. The van der Waals surface area contributed by atoms with E-state index < -0.39 is 30.3 Å². The van der Waals surface area contributed by atoms with Crippen molar-refractivity contribution in [1.82, 2.24) is 0 Å². The molecule has 15 heavy (non-hydrogen) atoms. The molecule has 0 saturated heterocycles. The summed E-state index contributed by atoms with van der Waals surface area (Å²) < 4.78 is 78.0. The van der Waals surface area contributed by atoms with Crippen LogP contribution in [0.25, 0.3) is 0 Å². The molecule has 0 heterocycles. The van der Waals surface area contributed by atoms with E-state index in [2.05, 4.69) is 32.7 Å². The summed E-state index contributed by atoms with van der Waals surface area (Å²) in [5, 5.41) is -8.09. The average molecular weight is 281 g/mol. The van der Waals surface area contributed by atoms with E-state index in [1.54, 1.807) is 0 Å². The second-order valence-electron chi connectivity index (χ2n) is 2.27. The Morgan fingerprint density at radius 2 is 1.00 bits per heavy atom. The zero-order valence-electron chi connectivity index (χ0n) is 6.75. The van der Waals surface area contributed by atoms with Gasteiger partial charge in [0.1, 0.15) is 13.2 Å². The van der Waals surface area contributed by atoms with Crippen LogP contribution in [0.2, 0.25) is 0 Å². The Labute approximate surface area is 90.0 Å². The lowest BCUT2D eigenvalue weighted by atomic mass is 10.7. The molecule has 0 unspecified atom stereocenters. The number of halogens is 8. The molecular formula is C5H4Cl2F6O2. The predicted molar refractivity (Wildman–Crippen MR) is 38.5 cm³/mol. The molecule has 0 rings (SSSR count). The van der Waals surface area contributed by atoms with Crippen LogP contribution in [0.3, 0.4) is 0 Å². The van der Waals surface area contributed by atoms with Crippen LogP contribution in [0.1, 0.15) is 0 Å². The van der Waals surface area contributed by atoms with E-state index in [0.717, 1.165) is 0 Å². The highest BCUT2D eigenvalue weighted by molar-refractivity contribution is 6.22. The van der Waals surface area contributed by atoms with Crippen molar-refractivity contribution in [2.75, 3.05) is 13.2 Å². The van der Waals surface area contributed by atoms with Gasteiger partial charge in [0.25, 0.3) is 0 Å². The molecule has 0 spiro atoms. The Morgan fingerprint density at radius 1 is 0.733 bits per heavy atom. The monoisotopic (exact) mass is 280 g/mol. The number of alkyl halides is 8. The maximum atomic E-state index is 12.3. The van der Waals surface area contributed by atoms with Crippen molar-refractivity contribution in [3.63, 3.8) is 0 Å². The highest BCUT2D eigenvalue weighted by Gasteiger charge is 2.40. The van der Waals surface area contributed by atoms with Gasteiger partial charge < -0.3 is 0 Å². The van der Waals surface area contributed by atoms with E-state index >= 15 is 0 Å². The molecule has 10 heteroatoms. The van der Waals surface area contributed by atoms with Crippen LogP contribution in [0.15, 0.2) is 0 Å². The van der Waals surface area contributed by atoms with Crippen LogP contribution >= 0.6 is 23.2 Å². The molecule has 0 aromatic rings. The van der Waals surface area contributed by atoms with Crippen LogP contribution in [0, 0.1) is 0 Å². The van der Waals surface area contributed by atoms with Crippen LogP contribution in [-0.2, 0) is 9.47 Å². The smallest absolute Gasteiger partial charge is 0.288 e. The summed E-state index contributed by atoms with van der Waals surface area (Å²) in [6, 6.07) is 0. The normalized spacial score (nSPS) is 14.4. The maximum Gasteiger partial charge on any atom is 0.486 e. The summed E-state index contributed by atoms with van der Waals surface area (Å²) in [6.07, 6.45) is -4.61. The van der Waals surface area contributed by atoms with Crippen molar-refractivity contribution in [3.8, 4) is 0 Å². The van der Waals surface area contributed by atoms with Crippen molar-refractivity contribution in [2.45, 2.75) is 17.1 Å². The van der Waals surface area contributed by atoms with Crippen LogP contribution in [-0.4, -0.2) is 30.3 Å². The Hall–Kier alpha value is 0.0800. The second-order valence-corrected chi connectivity index (χ2v) is 3.38. The molecule has 0 aromatic carbocycles. The lowest BCUT2D eigenvalue weighted by Gasteiger charge is -2.19. The van der Waals surface area contributed by atoms with E-state index in [0.29, 0.717) is 0 Å². The number of hydrogen-bond donors (Lipinski definition) is 0. The Balaban J connectivity index is 3.98. The van der Waals surface area contributed by atoms with Gasteiger partial charge in [0.05, 0.1) is 0 Å². The Morgan fingerprint density at radius 3 is 1.20 bits per heavy atom. The predicted octanol–water partition coefficient (Wildman–Crippen LogP) is 3.23. The molecule has 0 aromatic heterocycles. The molecule has 0 radical (unpaired) electrons. The molecule has 0 atom stereocenters. The van der Waals surface area contributed by atoms with Gasteiger partial charge in [-0.3, -0.25) is 9.47 Å². The SMILES string of the molecule is FC(F)(Cl)COC(F)(F)OCC(F)(F)Cl. The van der Waals surface area contributed by atoms with Crippen LogP contribution in [0.5, 0.6) is 0 Å². The van der Waals surface area contributed by atoms with E-state index in [-0.39, 0.29) is 0 Å². The highest BCUT2D eigenvalue weighted by atomic mass is 35.5. The van der Waals surface area contributed by atoms with E-state index in [9.17, 15) is 26.3 Å². The van der Waals surface area contributed by atoms with Gasteiger partial charge in [-0.05, 0) is 23.2 Å². The van der Waals surface area contributed by atoms with Crippen molar-refractivity contribution >= 4 is 23.2 Å². The van der Waals surface area contributed by atoms with Crippen molar-refractivity contribution in [1.29, 1.82) is 0 Å². The highest BCUT2D eigenvalue weighted by Crippen LogP contribution is 2.27. The zero-order chi connectivity index (χ0) is 12.3. The average Bonchev–Trinajstić information content (AvgIpc) is 1.96. The third-order valence-corrected chi connectivity index (χ3v) is 1.03. The van der Waals surface area contributed by atoms with Gasteiger partial charge in [-0.25, -0.2) is 0 Å². The van der Waals surface area contributed by atoms with Crippen molar-refractivity contribution < 1.29 is 35.8 Å². The third kappa shape index (κ3) is 10.4. The fourth-order valence-corrected chi connectivity index (χ4v) is 0.482. The molecule has 0 saturated carbocycles. The van der Waals surface area contributed by atoms with Gasteiger partial charge in [-0.2, -0.15) is 17.6 Å². The van der Waals surface area contributed by atoms with Gasteiger partial charge in [0.15, 0.2) is 0 Å². The van der Waals surface area contributed by atoms with Crippen LogP contribution in [0.4, 0.5) is 26.3 Å². The lowest BCUT2D eigenvalue weighted by molar-refractivity contribution is -0.405. The molecule has 0 fully saturated rings. The van der Waals surface area contributed by atoms with E-state index in [4.69, 9.17) is 0 Å². The molecule has 92 valence electrons. The minimum atomic E-state index is -4.61. The molecule has 2 nitrogen and oxygen atoms in total. The largest absolute Gasteiger partial charge is 0.486 e. The van der Waals surface area contributed by atoms with Crippen molar-refractivity contribution in [2.24, 2.45) is 0 Å². The fourth-order valence-electron chi connectivity index (χ4n) is 0.373. The third-order valence-electron chi connectivity index (χ3n) is 0.808. The standard InChI is InChI=1S/C5H4Cl2F6O2/c6-3(8,9)1-14-5(12,13)15-2-4(7,10)11/h1-2H2. The van der Waals surface area contributed by atoms with Gasteiger partial charge in [-0.15, -0.1) is 8.78 Å². The van der Waals surface area contributed by atoms with Gasteiger partial charge in [0.2, 0.25) is 0 Å². The number of rotatable bonds is 6. The molecule has 0 aliphatic carbocycles. The first kappa shape index (κ1) is 15.1. The Kier molecular flexibility index (Phi) is 4.97. The van der Waals surface area contributed by atoms with Crippen molar-refractivity contribution in [3.05, 3.63) is 0 Å². The minimum Gasteiger partial charge on any atom is -0.288 e. The number of ether oxygens (including phenoxy) is 2. The minimum absolute atomic E-state index is 1.89. The molecule has 0 aliphatic heterocycles. The molecule has 0 aliphatic rings. The first-order chi connectivity index (χ1) is 6.41. The number of hydrogen-bond acceptors (Lipinski definition) is 2. The zero-order valence-corrected chi connectivity index (χ0v) is 8.27. The quantitative estimate of drug-likeness (QED) is 0.423. The van der Waals surface area contributed by atoms with Crippen LogP contribution < -0.4 is 0 Å². The van der Waals surface area contributed by atoms with Gasteiger partial charge in [0, 0.05) is 0 Å². The first-order valence-electron chi connectivity index (χ1n) is 3.20. The maximum absolute atomic E-state index is 12.3. The fraction of sp³-hybridized carbons (Fsp3) is 1.00.